The second kappa shape index (κ2) is 8.15. The molecule has 0 unspecified atom stereocenters. The highest BCUT2D eigenvalue weighted by Crippen LogP contribution is 2.34. The van der Waals surface area contributed by atoms with Gasteiger partial charge in [-0.1, -0.05) is 0 Å². The number of aryl methyl sites for hydroxylation is 2. The minimum atomic E-state index is -2.58. The third-order valence-corrected chi connectivity index (χ3v) is 7.22. The predicted molar refractivity (Wildman–Crippen MR) is 97.2 cm³/mol. The van der Waals surface area contributed by atoms with Crippen LogP contribution < -0.4 is 10.2 Å². The second-order valence-electron chi connectivity index (χ2n) is 5.78. The number of nitrogens with zero attached hydrogens (tertiary/aromatic N) is 1. The summed E-state index contributed by atoms with van der Waals surface area (Å²) in [6.07, 6.45) is 0. The van der Waals surface area contributed by atoms with Gasteiger partial charge in [0.25, 0.3) is 0 Å². The van der Waals surface area contributed by atoms with E-state index >= 15 is 0 Å². The van der Waals surface area contributed by atoms with Crippen LogP contribution in [0.5, 0.6) is 0 Å². The molecular formula is C17H30N2O3Si. The zero-order chi connectivity index (χ0) is 16.9. The molecule has 1 N–H and O–H groups in total. The van der Waals surface area contributed by atoms with Gasteiger partial charge in [-0.3, -0.25) is 0 Å². The molecule has 0 radical (unpaired) electrons. The van der Waals surface area contributed by atoms with Crippen molar-refractivity contribution in [3.05, 3.63) is 23.3 Å². The molecule has 6 heteroatoms. The summed E-state index contributed by atoms with van der Waals surface area (Å²) >= 11 is 0. The van der Waals surface area contributed by atoms with Crippen LogP contribution in [0.1, 0.15) is 31.9 Å². The lowest BCUT2D eigenvalue weighted by Crippen LogP contribution is -2.48. The summed E-state index contributed by atoms with van der Waals surface area (Å²) < 4.78 is 17.8. The zero-order valence-corrected chi connectivity index (χ0v) is 16.1. The summed E-state index contributed by atoms with van der Waals surface area (Å²) in [7, 11) is -2.58. The standard InChI is InChI=1S/C17H30N2O3Si/c1-6-20-23(21-7-2,22-8-3)10-9-19-13-18-16-11-14(4)15(5)12-17(16)19/h11-12,18H,6-10,13H2,1-5H3. The van der Waals surface area contributed by atoms with Crippen LogP contribution in [0.2, 0.25) is 6.04 Å². The fraction of sp³-hybridized carbons (Fsp3) is 0.647. The Bertz CT molecular complexity index is 508. The number of fused-ring (bicyclic) bond motifs is 1. The molecule has 0 aliphatic carbocycles. The summed E-state index contributed by atoms with van der Waals surface area (Å²) in [5, 5.41) is 3.47. The fourth-order valence-corrected chi connectivity index (χ4v) is 5.49. The average molecular weight is 339 g/mol. The van der Waals surface area contributed by atoms with E-state index in [1.54, 1.807) is 0 Å². The van der Waals surface area contributed by atoms with Gasteiger partial charge in [0.05, 0.1) is 18.0 Å². The number of rotatable bonds is 9. The lowest BCUT2D eigenvalue weighted by molar-refractivity contribution is 0.0718. The Hall–Kier alpha value is -1.08. The molecule has 0 saturated heterocycles. The molecule has 0 bridgehead atoms. The van der Waals surface area contributed by atoms with Crippen molar-refractivity contribution >= 4 is 20.2 Å². The topological polar surface area (TPSA) is 43.0 Å². The quantitative estimate of drug-likeness (QED) is 0.698. The molecule has 1 aromatic rings. The van der Waals surface area contributed by atoms with Crippen LogP contribution in [0, 0.1) is 13.8 Å². The summed E-state index contributed by atoms with van der Waals surface area (Å²) in [4.78, 5) is 2.35. The van der Waals surface area contributed by atoms with Crippen molar-refractivity contribution in [2.45, 2.75) is 40.7 Å². The maximum absolute atomic E-state index is 5.95. The van der Waals surface area contributed by atoms with Crippen LogP contribution in [0.25, 0.3) is 0 Å². The molecule has 0 spiro atoms. The van der Waals surface area contributed by atoms with Crippen molar-refractivity contribution in [2.24, 2.45) is 0 Å². The van der Waals surface area contributed by atoms with Crippen LogP contribution in [-0.4, -0.2) is 41.8 Å². The third kappa shape index (κ3) is 4.26. The first-order valence-electron chi connectivity index (χ1n) is 8.57. The highest BCUT2D eigenvalue weighted by Gasteiger charge is 2.41. The molecule has 0 amide bonds. The SMILES string of the molecule is CCO[Si](CCN1CNc2cc(C)c(C)cc21)(OCC)OCC. The summed E-state index contributed by atoms with van der Waals surface area (Å²) in [6, 6.07) is 5.29. The van der Waals surface area contributed by atoms with Crippen molar-refractivity contribution in [1.29, 1.82) is 0 Å². The van der Waals surface area contributed by atoms with Gasteiger partial charge in [-0.2, -0.15) is 0 Å². The molecule has 1 aliphatic rings. The summed E-state index contributed by atoms with van der Waals surface area (Å²) in [5.74, 6) is 0. The Morgan fingerprint density at radius 3 is 2.13 bits per heavy atom. The Morgan fingerprint density at radius 1 is 1.00 bits per heavy atom. The first kappa shape index (κ1) is 18.3. The normalized spacial score (nSPS) is 14.0. The maximum atomic E-state index is 5.95. The van der Waals surface area contributed by atoms with Crippen molar-refractivity contribution in [1.82, 2.24) is 0 Å². The van der Waals surface area contributed by atoms with E-state index in [9.17, 15) is 0 Å². The minimum absolute atomic E-state index is 0.624. The molecule has 1 aromatic carbocycles. The summed E-state index contributed by atoms with van der Waals surface area (Å²) in [5.41, 5.74) is 5.12. The van der Waals surface area contributed by atoms with Gasteiger partial charge in [0, 0.05) is 32.4 Å². The van der Waals surface area contributed by atoms with E-state index in [-0.39, 0.29) is 0 Å². The number of anilines is 2. The lowest BCUT2D eigenvalue weighted by Gasteiger charge is -2.30. The van der Waals surface area contributed by atoms with Crippen molar-refractivity contribution < 1.29 is 13.3 Å². The fourth-order valence-electron chi connectivity index (χ4n) is 2.94. The van der Waals surface area contributed by atoms with Crippen LogP contribution in [0.15, 0.2) is 12.1 Å². The highest BCUT2D eigenvalue weighted by atomic mass is 28.4. The molecule has 0 aromatic heterocycles. The van der Waals surface area contributed by atoms with E-state index in [0.717, 1.165) is 19.3 Å². The van der Waals surface area contributed by atoms with E-state index in [1.165, 1.54) is 22.5 Å². The highest BCUT2D eigenvalue weighted by molar-refractivity contribution is 6.60. The van der Waals surface area contributed by atoms with Crippen molar-refractivity contribution in [2.75, 3.05) is 43.3 Å². The number of hydrogen-bond donors (Lipinski definition) is 1. The van der Waals surface area contributed by atoms with Gasteiger partial charge in [-0.25, -0.2) is 0 Å². The van der Waals surface area contributed by atoms with E-state index in [1.807, 2.05) is 20.8 Å². The predicted octanol–water partition coefficient (Wildman–Crippen LogP) is 3.54. The molecule has 1 heterocycles. The maximum Gasteiger partial charge on any atom is 0.502 e. The lowest BCUT2D eigenvalue weighted by atomic mass is 10.1. The Labute approximate surface area is 141 Å². The molecule has 0 atom stereocenters. The zero-order valence-electron chi connectivity index (χ0n) is 15.1. The first-order valence-corrected chi connectivity index (χ1v) is 10.5. The van der Waals surface area contributed by atoms with E-state index in [2.05, 4.69) is 36.2 Å². The Morgan fingerprint density at radius 2 is 1.57 bits per heavy atom. The van der Waals surface area contributed by atoms with Gasteiger partial charge in [0.1, 0.15) is 0 Å². The number of hydrogen-bond acceptors (Lipinski definition) is 5. The molecule has 1 aliphatic heterocycles. The van der Waals surface area contributed by atoms with Gasteiger partial charge in [0.15, 0.2) is 0 Å². The number of benzene rings is 1. The first-order chi connectivity index (χ1) is 11.0. The molecule has 5 nitrogen and oxygen atoms in total. The van der Waals surface area contributed by atoms with E-state index in [0.29, 0.717) is 19.8 Å². The van der Waals surface area contributed by atoms with Crippen LogP contribution in [-0.2, 0) is 13.3 Å². The molecule has 0 fully saturated rings. The molecule has 130 valence electrons. The van der Waals surface area contributed by atoms with E-state index < -0.39 is 8.80 Å². The third-order valence-electron chi connectivity index (χ3n) is 4.19. The molecule has 2 rings (SSSR count). The summed E-state index contributed by atoms with van der Waals surface area (Å²) in [6.45, 7) is 13.9. The monoisotopic (exact) mass is 338 g/mol. The van der Waals surface area contributed by atoms with Crippen LogP contribution in [0.3, 0.4) is 0 Å². The molecule has 23 heavy (non-hydrogen) atoms. The van der Waals surface area contributed by atoms with Gasteiger partial charge in [0.2, 0.25) is 0 Å². The van der Waals surface area contributed by atoms with E-state index in [4.69, 9.17) is 13.3 Å². The van der Waals surface area contributed by atoms with Gasteiger partial charge >= 0.3 is 8.80 Å². The van der Waals surface area contributed by atoms with Crippen LogP contribution >= 0.6 is 0 Å². The molecule has 0 saturated carbocycles. The largest absolute Gasteiger partial charge is 0.502 e. The minimum Gasteiger partial charge on any atom is -0.374 e. The van der Waals surface area contributed by atoms with Crippen molar-refractivity contribution in [3.8, 4) is 0 Å². The second-order valence-corrected chi connectivity index (χ2v) is 8.52. The van der Waals surface area contributed by atoms with Gasteiger partial charge in [-0.05, 0) is 57.9 Å². The smallest absolute Gasteiger partial charge is 0.374 e. The average Bonchev–Trinajstić information content (AvgIpc) is 2.89. The number of nitrogens with one attached hydrogen (secondary N) is 1. The molecular weight excluding hydrogens is 308 g/mol. The van der Waals surface area contributed by atoms with Crippen molar-refractivity contribution in [3.63, 3.8) is 0 Å². The Kier molecular flexibility index (Phi) is 6.47. The van der Waals surface area contributed by atoms with Gasteiger partial charge < -0.3 is 23.5 Å². The Balaban J connectivity index is 2.09. The van der Waals surface area contributed by atoms with Crippen LogP contribution in [0.4, 0.5) is 11.4 Å². The van der Waals surface area contributed by atoms with Gasteiger partial charge in [-0.15, -0.1) is 0 Å².